The van der Waals surface area contributed by atoms with Crippen LogP contribution in [0.4, 0.5) is 0 Å². The number of thiazole rings is 1. The standard InChI is InChI=1S/C13H23N3OS/c1-4-14-5-13-15-12(9-18-13)8-16-6-10(2)17-11(3)7-16/h9-11,14H,4-8H2,1-3H3. The average Bonchev–Trinajstić information content (AvgIpc) is 2.72. The van der Waals surface area contributed by atoms with Gasteiger partial charge in [0.2, 0.25) is 0 Å². The molecule has 0 radical (unpaired) electrons. The maximum absolute atomic E-state index is 5.74. The van der Waals surface area contributed by atoms with E-state index in [4.69, 9.17) is 4.74 Å². The van der Waals surface area contributed by atoms with Gasteiger partial charge in [-0.15, -0.1) is 11.3 Å². The largest absolute Gasteiger partial charge is 0.373 e. The van der Waals surface area contributed by atoms with Crippen LogP contribution in [0, 0.1) is 0 Å². The van der Waals surface area contributed by atoms with Gasteiger partial charge in [-0.1, -0.05) is 6.92 Å². The lowest BCUT2D eigenvalue weighted by Gasteiger charge is -2.34. The summed E-state index contributed by atoms with van der Waals surface area (Å²) in [4.78, 5) is 7.10. The molecule has 0 spiro atoms. The minimum Gasteiger partial charge on any atom is -0.373 e. The van der Waals surface area contributed by atoms with Gasteiger partial charge in [0.25, 0.3) is 0 Å². The van der Waals surface area contributed by atoms with Crippen LogP contribution in [0.5, 0.6) is 0 Å². The van der Waals surface area contributed by atoms with Crippen LogP contribution in [0.3, 0.4) is 0 Å². The topological polar surface area (TPSA) is 37.4 Å². The predicted molar refractivity (Wildman–Crippen MR) is 74.8 cm³/mol. The minimum atomic E-state index is 0.327. The molecule has 18 heavy (non-hydrogen) atoms. The van der Waals surface area contributed by atoms with E-state index in [2.05, 4.69) is 41.4 Å². The molecule has 2 unspecified atom stereocenters. The Hall–Kier alpha value is -0.490. The summed E-state index contributed by atoms with van der Waals surface area (Å²) >= 11 is 1.75. The van der Waals surface area contributed by atoms with Crippen molar-refractivity contribution in [3.8, 4) is 0 Å². The van der Waals surface area contributed by atoms with Crippen LogP contribution in [0.15, 0.2) is 5.38 Å². The lowest BCUT2D eigenvalue weighted by molar-refractivity contribution is -0.0707. The monoisotopic (exact) mass is 269 g/mol. The number of hydrogen-bond acceptors (Lipinski definition) is 5. The molecule has 5 heteroatoms. The van der Waals surface area contributed by atoms with E-state index in [9.17, 15) is 0 Å². The molecule has 2 rings (SSSR count). The normalized spacial score (nSPS) is 25.5. The van der Waals surface area contributed by atoms with Gasteiger partial charge in [0, 0.05) is 31.6 Å². The highest BCUT2D eigenvalue weighted by Crippen LogP contribution is 2.16. The van der Waals surface area contributed by atoms with Gasteiger partial charge in [-0.2, -0.15) is 0 Å². The Bertz CT molecular complexity index is 359. The van der Waals surface area contributed by atoms with Gasteiger partial charge in [-0.05, 0) is 20.4 Å². The van der Waals surface area contributed by atoms with Crippen LogP contribution in [0.2, 0.25) is 0 Å². The van der Waals surface area contributed by atoms with Gasteiger partial charge >= 0.3 is 0 Å². The van der Waals surface area contributed by atoms with E-state index >= 15 is 0 Å². The molecule has 2 heterocycles. The maximum Gasteiger partial charge on any atom is 0.107 e. The van der Waals surface area contributed by atoms with E-state index in [1.165, 1.54) is 10.7 Å². The maximum atomic E-state index is 5.74. The summed E-state index contributed by atoms with van der Waals surface area (Å²) < 4.78 is 5.74. The summed E-state index contributed by atoms with van der Waals surface area (Å²) in [6.07, 6.45) is 0.655. The molecule has 1 N–H and O–H groups in total. The molecular weight excluding hydrogens is 246 g/mol. The second-order valence-corrected chi connectivity index (χ2v) is 5.91. The van der Waals surface area contributed by atoms with Gasteiger partial charge in [-0.25, -0.2) is 4.98 Å². The highest BCUT2D eigenvalue weighted by atomic mass is 32.1. The number of morpholine rings is 1. The molecule has 102 valence electrons. The van der Waals surface area contributed by atoms with E-state index in [1.807, 2.05) is 0 Å². The molecule has 2 atom stereocenters. The van der Waals surface area contributed by atoms with Gasteiger partial charge in [0.15, 0.2) is 0 Å². The Morgan fingerprint density at radius 3 is 2.83 bits per heavy atom. The average molecular weight is 269 g/mol. The summed E-state index contributed by atoms with van der Waals surface area (Å²) in [5, 5.41) is 6.67. The van der Waals surface area contributed by atoms with Crippen molar-refractivity contribution >= 4 is 11.3 Å². The van der Waals surface area contributed by atoms with Crippen molar-refractivity contribution in [2.45, 2.75) is 46.1 Å². The fraction of sp³-hybridized carbons (Fsp3) is 0.769. The molecule has 0 amide bonds. The van der Waals surface area contributed by atoms with Crippen molar-refractivity contribution in [1.29, 1.82) is 0 Å². The van der Waals surface area contributed by atoms with Gasteiger partial charge in [0.1, 0.15) is 5.01 Å². The third-order valence-electron chi connectivity index (χ3n) is 3.01. The van der Waals surface area contributed by atoms with Gasteiger partial charge in [-0.3, -0.25) is 4.90 Å². The smallest absolute Gasteiger partial charge is 0.107 e. The van der Waals surface area contributed by atoms with Crippen LogP contribution >= 0.6 is 11.3 Å². The zero-order chi connectivity index (χ0) is 13.0. The second kappa shape index (κ2) is 6.61. The Kier molecular flexibility index (Phi) is 5.12. The molecular formula is C13H23N3OS. The van der Waals surface area contributed by atoms with Crippen molar-refractivity contribution < 1.29 is 4.74 Å². The van der Waals surface area contributed by atoms with Crippen LogP contribution in [-0.2, 0) is 17.8 Å². The van der Waals surface area contributed by atoms with Crippen molar-refractivity contribution in [3.05, 3.63) is 16.1 Å². The van der Waals surface area contributed by atoms with E-state index in [0.717, 1.165) is 32.7 Å². The summed E-state index contributed by atoms with van der Waals surface area (Å²) in [6, 6.07) is 0. The van der Waals surface area contributed by atoms with Crippen molar-refractivity contribution in [3.63, 3.8) is 0 Å². The number of aromatic nitrogens is 1. The van der Waals surface area contributed by atoms with Gasteiger partial charge in [0.05, 0.1) is 17.9 Å². The molecule has 0 bridgehead atoms. The molecule has 1 aromatic heterocycles. The van der Waals surface area contributed by atoms with E-state index in [1.54, 1.807) is 11.3 Å². The van der Waals surface area contributed by atoms with Crippen LogP contribution in [0.1, 0.15) is 31.5 Å². The fourth-order valence-corrected chi connectivity index (χ4v) is 3.13. The lowest BCUT2D eigenvalue weighted by atomic mass is 10.2. The zero-order valence-corrected chi connectivity index (χ0v) is 12.3. The molecule has 1 aliphatic rings. The number of hydrogen-bond donors (Lipinski definition) is 1. The predicted octanol–water partition coefficient (Wildman–Crippen LogP) is 1.86. The summed E-state index contributed by atoms with van der Waals surface area (Å²) in [6.45, 7) is 11.2. The highest BCUT2D eigenvalue weighted by Gasteiger charge is 2.22. The SMILES string of the molecule is CCNCc1nc(CN2CC(C)OC(C)C2)cs1. The molecule has 4 nitrogen and oxygen atoms in total. The first-order valence-corrected chi connectivity index (χ1v) is 7.57. The molecule has 0 aromatic carbocycles. The lowest BCUT2D eigenvalue weighted by Crippen LogP contribution is -2.44. The molecule has 0 aliphatic carbocycles. The number of rotatable bonds is 5. The fourth-order valence-electron chi connectivity index (χ4n) is 2.38. The first-order valence-electron chi connectivity index (χ1n) is 6.69. The molecule has 1 aromatic rings. The molecule has 1 fully saturated rings. The van der Waals surface area contributed by atoms with Crippen molar-refractivity contribution in [2.75, 3.05) is 19.6 Å². The van der Waals surface area contributed by atoms with Crippen molar-refractivity contribution in [2.24, 2.45) is 0 Å². The van der Waals surface area contributed by atoms with E-state index < -0.39 is 0 Å². The van der Waals surface area contributed by atoms with Crippen LogP contribution in [-0.4, -0.2) is 41.7 Å². The third-order valence-corrected chi connectivity index (χ3v) is 3.90. The Balaban J connectivity index is 1.86. The Morgan fingerprint density at radius 2 is 2.17 bits per heavy atom. The van der Waals surface area contributed by atoms with Crippen LogP contribution in [0.25, 0.3) is 0 Å². The number of nitrogens with one attached hydrogen (secondary N) is 1. The second-order valence-electron chi connectivity index (χ2n) is 4.96. The molecule has 1 saturated heterocycles. The summed E-state index contributed by atoms with van der Waals surface area (Å²) in [5.41, 5.74) is 1.19. The van der Waals surface area contributed by atoms with Gasteiger partial charge < -0.3 is 10.1 Å². The molecule has 0 saturated carbocycles. The number of ether oxygens (including phenoxy) is 1. The summed E-state index contributed by atoms with van der Waals surface area (Å²) in [7, 11) is 0. The number of nitrogens with zero attached hydrogens (tertiary/aromatic N) is 2. The first kappa shape index (κ1) is 13.9. The third kappa shape index (κ3) is 4.02. The Labute approximate surface area is 113 Å². The van der Waals surface area contributed by atoms with Crippen LogP contribution < -0.4 is 5.32 Å². The quantitative estimate of drug-likeness (QED) is 0.885. The summed E-state index contributed by atoms with van der Waals surface area (Å²) in [5.74, 6) is 0. The molecule has 1 aliphatic heterocycles. The van der Waals surface area contributed by atoms with Crippen molar-refractivity contribution in [1.82, 2.24) is 15.2 Å². The Morgan fingerprint density at radius 1 is 1.44 bits per heavy atom. The van der Waals surface area contributed by atoms with E-state index in [-0.39, 0.29) is 0 Å². The minimum absolute atomic E-state index is 0.327. The zero-order valence-electron chi connectivity index (χ0n) is 11.5. The highest BCUT2D eigenvalue weighted by molar-refractivity contribution is 7.09. The first-order chi connectivity index (χ1) is 8.67. The van der Waals surface area contributed by atoms with E-state index in [0.29, 0.717) is 12.2 Å².